The predicted molar refractivity (Wildman–Crippen MR) is 119 cm³/mol. The number of hydrogen-bond donors (Lipinski definition) is 1. The number of benzene rings is 1. The first-order chi connectivity index (χ1) is 15.0. The molecule has 4 fully saturated rings. The second-order valence-corrected chi connectivity index (χ2v) is 11.0. The van der Waals surface area contributed by atoms with Crippen molar-refractivity contribution in [1.29, 1.82) is 0 Å². The Hall–Kier alpha value is -0.970. The molecule has 4 heteroatoms. The zero-order chi connectivity index (χ0) is 21.5. The van der Waals surface area contributed by atoms with E-state index >= 15 is 4.39 Å². The molecule has 0 radical (unpaired) electrons. The molecule has 1 aromatic rings. The van der Waals surface area contributed by atoms with Gasteiger partial charge in [-0.25, -0.2) is 4.39 Å². The summed E-state index contributed by atoms with van der Waals surface area (Å²) in [7, 11) is 0. The van der Waals surface area contributed by atoms with Crippen LogP contribution in [0.2, 0.25) is 0 Å². The molecule has 3 saturated carbocycles. The van der Waals surface area contributed by atoms with Gasteiger partial charge in [-0.1, -0.05) is 31.9 Å². The van der Waals surface area contributed by atoms with Crippen LogP contribution in [0.25, 0.3) is 0 Å². The highest BCUT2D eigenvalue weighted by Gasteiger charge is 2.47. The summed E-state index contributed by atoms with van der Waals surface area (Å²) in [6, 6.07) is 5.65. The van der Waals surface area contributed by atoms with Gasteiger partial charge in [0.15, 0.2) is 5.79 Å². The van der Waals surface area contributed by atoms with Crippen molar-refractivity contribution in [3.8, 4) is 0 Å². The molecule has 3 nitrogen and oxygen atoms in total. The molecule has 1 N–H and O–H groups in total. The minimum Gasteiger partial charge on any atom is -0.385 e. The molecule has 0 atom stereocenters. The third-order valence-electron chi connectivity index (χ3n) is 9.12. The minimum atomic E-state index is -1.11. The number of halogens is 1. The number of ether oxygens (including phenoxy) is 2. The third kappa shape index (κ3) is 4.45. The van der Waals surface area contributed by atoms with E-state index in [0.717, 1.165) is 23.3 Å². The van der Waals surface area contributed by atoms with Crippen LogP contribution in [-0.2, 0) is 15.1 Å². The molecule has 5 rings (SSSR count). The van der Waals surface area contributed by atoms with Crippen molar-refractivity contribution >= 4 is 0 Å². The van der Waals surface area contributed by atoms with Crippen molar-refractivity contribution in [3.05, 3.63) is 35.1 Å². The predicted octanol–water partition coefficient (Wildman–Crippen LogP) is 6.43. The fourth-order valence-electron chi connectivity index (χ4n) is 6.94. The normalized spacial score (nSPS) is 35.3. The van der Waals surface area contributed by atoms with Crippen LogP contribution < -0.4 is 0 Å². The van der Waals surface area contributed by atoms with Crippen molar-refractivity contribution in [3.63, 3.8) is 0 Å². The highest BCUT2D eigenvalue weighted by atomic mass is 19.1. The molecule has 3 aliphatic carbocycles. The summed E-state index contributed by atoms with van der Waals surface area (Å²) in [5.41, 5.74) is 0.461. The van der Waals surface area contributed by atoms with E-state index in [0.29, 0.717) is 50.4 Å². The molecule has 0 aromatic heterocycles. The lowest BCUT2D eigenvalue weighted by Crippen LogP contribution is -2.42. The maximum atomic E-state index is 15.2. The topological polar surface area (TPSA) is 38.7 Å². The van der Waals surface area contributed by atoms with Gasteiger partial charge >= 0.3 is 0 Å². The van der Waals surface area contributed by atoms with E-state index in [1.165, 1.54) is 51.4 Å². The molecule has 1 saturated heterocycles. The average Bonchev–Trinajstić information content (AvgIpc) is 3.25. The molecule has 1 aliphatic heterocycles. The van der Waals surface area contributed by atoms with Crippen LogP contribution in [0.5, 0.6) is 0 Å². The monoisotopic (exact) mass is 430 g/mol. The Bertz CT molecular complexity index is 746. The number of aliphatic hydroxyl groups is 1. The largest absolute Gasteiger partial charge is 0.385 e. The van der Waals surface area contributed by atoms with E-state index in [9.17, 15) is 5.11 Å². The molecular weight excluding hydrogens is 391 g/mol. The lowest BCUT2D eigenvalue weighted by molar-refractivity contribution is -0.204. The van der Waals surface area contributed by atoms with Crippen molar-refractivity contribution < 1.29 is 19.0 Å². The van der Waals surface area contributed by atoms with E-state index in [2.05, 4.69) is 13.0 Å². The highest BCUT2D eigenvalue weighted by Crippen LogP contribution is 2.47. The Morgan fingerprint density at radius 3 is 2.00 bits per heavy atom. The quantitative estimate of drug-likeness (QED) is 0.600. The van der Waals surface area contributed by atoms with Crippen LogP contribution in [0.3, 0.4) is 0 Å². The molecular formula is C27H39FO3. The van der Waals surface area contributed by atoms with Gasteiger partial charge in [-0.3, -0.25) is 0 Å². The Balaban J connectivity index is 1.20. The fourth-order valence-corrected chi connectivity index (χ4v) is 6.94. The van der Waals surface area contributed by atoms with E-state index in [4.69, 9.17) is 9.47 Å². The lowest BCUT2D eigenvalue weighted by Gasteiger charge is -2.41. The lowest BCUT2D eigenvalue weighted by atomic mass is 9.68. The molecule has 1 spiro atoms. The van der Waals surface area contributed by atoms with Gasteiger partial charge < -0.3 is 14.6 Å². The first-order valence-corrected chi connectivity index (χ1v) is 12.8. The average molecular weight is 431 g/mol. The van der Waals surface area contributed by atoms with Gasteiger partial charge in [0, 0.05) is 18.4 Å². The van der Waals surface area contributed by atoms with Crippen molar-refractivity contribution in [2.75, 3.05) is 13.2 Å². The van der Waals surface area contributed by atoms with Gasteiger partial charge in [0.25, 0.3) is 0 Å². The van der Waals surface area contributed by atoms with Crippen molar-refractivity contribution in [2.45, 2.75) is 101 Å². The van der Waals surface area contributed by atoms with Crippen LogP contribution in [0.4, 0.5) is 4.39 Å². The molecule has 172 valence electrons. The Labute approximate surface area is 186 Å². The van der Waals surface area contributed by atoms with Crippen LogP contribution in [0.15, 0.2) is 18.2 Å². The van der Waals surface area contributed by atoms with Crippen LogP contribution in [-0.4, -0.2) is 24.1 Å². The zero-order valence-electron chi connectivity index (χ0n) is 19.1. The van der Waals surface area contributed by atoms with Gasteiger partial charge in [-0.05, 0) is 86.7 Å². The third-order valence-corrected chi connectivity index (χ3v) is 9.12. The van der Waals surface area contributed by atoms with E-state index in [1.54, 1.807) is 6.07 Å². The maximum Gasteiger partial charge on any atom is 0.168 e. The molecule has 4 aliphatic rings. The first-order valence-electron chi connectivity index (χ1n) is 12.8. The summed E-state index contributed by atoms with van der Waals surface area (Å²) in [4.78, 5) is 0. The van der Waals surface area contributed by atoms with E-state index in [-0.39, 0.29) is 5.82 Å². The van der Waals surface area contributed by atoms with Crippen molar-refractivity contribution in [1.82, 2.24) is 0 Å². The summed E-state index contributed by atoms with van der Waals surface area (Å²) in [6.07, 6.45) is 12.8. The second kappa shape index (κ2) is 8.76. The SMILES string of the molecule is CC1CCC(C2CCC(c3ccc(C4(O)CCC5(CC4)OCCO5)c(F)c3)CC2)CC1. The van der Waals surface area contributed by atoms with Crippen LogP contribution >= 0.6 is 0 Å². The fraction of sp³-hybridized carbons (Fsp3) is 0.778. The van der Waals surface area contributed by atoms with Gasteiger partial charge in [-0.2, -0.15) is 0 Å². The standard InChI is InChI=1S/C27H39FO3/c1-19-2-4-20(5-3-19)21-6-8-22(9-7-21)23-10-11-24(25(28)18-23)26(29)12-14-27(15-13-26)30-16-17-31-27/h10-11,18-22,29H,2-9,12-17H2,1H3. The Morgan fingerprint density at radius 1 is 0.839 bits per heavy atom. The first kappa shape index (κ1) is 21.9. The van der Waals surface area contributed by atoms with Crippen molar-refractivity contribution in [2.24, 2.45) is 17.8 Å². The summed E-state index contributed by atoms with van der Waals surface area (Å²) in [5, 5.41) is 11.2. The number of hydrogen-bond acceptors (Lipinski definition) is 3. The van der Waals surface area contributed by atoms with E-state index in [1.807, 2.05) is 6.07 Å². The Morgan fingerprint density at radius 2 is 1.42 bits per heavy atom. The van der Waals surface area contributed by atoms with Crippen LogP contribution in [0.1, 0.15) is 101 Å². The summed E-state index contributed by atoms with van der Waals surface area (Å²) in [5.74, 6) is 2.39. The van der Waals surface area contributed by atoms with E-state index < -0.39 is 11.4 Å². The molecule has 0 unspecified atom stereocenters. The van der Waals surface area contributed by atoms with Gasteiger partial charge in [0.05, 0.1) is 18.8 Å². The summed E-state index contributed by atoms with van der Waals surface area (Å²) in [6.45, 7) is 3.62. The molecule has 1 aromatic carbocycles. The summed E-state index contributed by atoms with van der Waals surface area (Å²) < 4.78 is 26.7. The molecule has 31 heavy (non-hydrogen) atoms. The van der Waals surface area contributed by atoms with Gasteiger partial charge in [0.1, 0.15) is 5.82 Å². The second-order valence-electron chi connectivity index (χ2n) is 11.0. The zero-order valence-corrected chi connectivity index (χ0v) is 19.1. The smallest absolute Gasteiger partial charge is 0.168 e. The molecule has 1 heterocycles. The van der Waals surface area contributed by atoms with Crippen LogP contribution in [0, 0.1) is 23.6 Å². The van der Waals surface area contributed by atoms with Gasteiger partial charge in [-0.15, -0.1) is 0 Å². The minimum absolute atomic E-state index is 0.243. The number of rotatable bonds is 3. The summed E-state index contributed by atoms with van der Waals surface area (Å²) >= 11 is 0. The van der Waals surface area contributed by atoms with Gasteiger partial charge in [0.2, 0.25) is 0 Å². The Kier molecular flexibility index (Phi) is 6.17. The maximum absolute atomic E-state index is 15.2. The molecule has 0 amide bonds. The molecule has 0 bridgehead atoms. The highest BCUT2D eigenvalue weighted by molar-refractivity contribution is 5.32.